The highest BCUT2D eigenvalue weighted by Gasteiger charge is 2.08. The van der Waals surface area contributed by atoms with Crippen molar-refractivity contribution in [1.82, 2.24) is 0 Å². The van der Waals surface area contributed by atoms with Crippen LogP contribution in [0.1, 0.15) is 10.4 Å². The van der Waals surface area contributed by atoms with Crippen molar-refractivity contribution in [2.45, 2.75) is 0 Å². The van der Waals surface area contributed by atoms with Gasteiger partial charge in [-0.25, -0.2) is 0 Å². The van der Waals surface area contributed by atoms with Gasteiger partial charge in [0.2, 0.25) is 0 Å². The Hall–Kier alpha value is -1.22. The first kappa shape index (κ1) is 13.2. The lowest BCUT2D eigenvalue weighted by Crippen LogP contribution is -1.88. The molecular formula is C13H7Cl3O2. The van der Waals surface area contributed by atoms with E-state index < -0.39 is 0 Å². The number of ether oxygens (including phenoxy) is 1. The fourth-order valence-corrected chi connectivity index (χ4v) is 1.89. The lowest BCUT2D eigenvalue weighted by atomic mass is 10.2. The molecule has 2 aromatic rings. The van der Waals surface area contributed by atoms with Crippen LogP contribution < -0.4 is 4.74 Å². The first-order valence-electron chi connectivity index (χ1n) is 4.98. The van der Waals surface area contributed by atoms with Gasteiger partial charge in [-0.2, -0.15) is 0 Å². The summed E-state index contributed by atoms with van der Waals surface area (Å²) in [6, 6.07) is 9.60. The van der Waals surface area contributed by atoms with E-state index in [0.29, 0.717) is 38.4 Å². The van der Waals surface area contributed by atoms with Gasteiger partial charge in [0.25, 0.3) is 0 Å². The SMILES string of the molecule is O=Cc1ccc(Oc2cc(Cl)ccc2Cl)c(Cl)c1. The van der Waals surface area contributed by atoms with E-state index in [1.165, 1.54) is 6.07 Å². The van der Waals surface area contributed by atoms with Gasteiger partial charge in [-0.3, -0.25) is 4.79 Å². The van der Waals surface area contributed by atoms with E-state index >= 15 is 0 Å². The predicted molar refractivity (Wildman–Crippen MR) is 73.4 cm³/mol. The van der Waals surface area contributed by atoms with E-state index in [2.05, 4.69) is 0 Å². The average Bonchev–Trinajstić information content (AvgIpc) is 2.36. The van der Waals surface area contributed by atoms with Crippen LogP contribution in [-0.4, -0.2) is 6.29 Å². The molecule has 5 heteroatoms. The minimum Gasteiger partial charge on any atom is -0.454 e. The van der Waals surface area contributed by atoms with Crippen LogP contribution >= 0.6 is 34.8 Å². The lowest BCUT2D eigenvalue weighted by Gasteiger charge is -2.09. The number of carbonyl (C=O) groups excluding carboxylic acids is 1. The minimum absolute atomic E-state index is 0.329. The molecule has 2 aromatic carbocycles. The van der Waals surface area contributed by atoms with Crippen molar-refractivity contribution < 1.29 is 9.53 Å². The number of hydrogen-bond acceptors (Lipinski definition) is 2. The second kappa shape index (κ2) is 5.61. The van der Waals surface area contributed by atoms with Gasteiger partial charge in [0, 0.05) is 16.7 Å². The molecule has 92 valence electrons. The Balaban J connectivity index is 2.34. The van der Waals surface area contributed by atoms with Crippen molar-refractivity contribution in [2.24, 2.45) is 0 Å². The summed E-state index contributed by atoms with van der Waals surface area (Å²) >= 11 is 17.8. The Morgan fingerprint density at radius 1 is 0.889 bits per heavy atom. The third kappa shape index (κ3) is 2.96. The zero-order chi connectivity index (χ0) is 13.1. The van der Waals surface area contributed by atoms with Crippen LogP contribution in [0, 0.1) is 0 Å². The molecule has 0 aliphatic heterocycles. The van der Waals surface area contributed by atoms with Gasteiger partial charge in [-0.05, 0) is 30.3 Å². The van der Waals surface area contributed by atoms with E-state index in [0.717, 1.165) is 0 Å². The second-order valence-electron chi connectivity index (χ2n) is 3.48. The zero-order valence-electron chi connectivity index (χ0n) is 8.99. The smallest absolute Gasteiger partial charge is 0.150 e. The van der Waals surface area contributed by atoms with E-state index in [1.807, 2.05) is 0 Å². The molecule has 0 saturated heterocycles. The summed E-state index contributed by atoms with van der Waals surface area (Å²) in [4.78, 5) is 10.6. The van der Waals surface area contributed by atoms with Gasteiger partial charge in [-0.1, -0.05) is 34.8 Å². The highest BCUT2D eigenvalue weighted by atomic mass is 35.5. The maximum atomic E-state index is 10.6. The highest BCUT2D eigenvalue weighted by Crippen LogP contribution is 2.35. The van der Waals surface area contributed by atoms with E-state index in [1.54, 1.807) is 30.3 Å². The molecule has 0 unspecified atom stereocenters. The Labute approximate surface area is 119 Å². The Morgan fingerprint density at radius 2 is 1.67 bits per heavy atom. The van der Waals surface area contributed by atoms with E-state index in [4.69, 9.17) is 39.5 Å². The van der Waals surface area contributed by atoms with Crippen LogP contribution in [-0.2, 0) is 0 Å². The molecule has 0 aromatic heterocycles. The van der Waals surface area contributed by atoms with Crippen molar-refractivity contribution in [2.75, 3.05) is 0 Å². The first-order valence-corrected chi connectivity index (χ1v) is 6.11. The molecule has 0 fully saturated rings. The summed E-state index contributed by atoms with van der Waals surface area (Å²) < 4.78 is 5.56. The van der Waals surface area contributed by atoms with Crippen LogP contribution in [0.25, 0.3) is 0 Å². The molecule has 2 nitrogen and oxygen atoms in total. The third-order valence-corrected chi connectivity index (χ3v) is 3.05. The molecule has 0 N–H and O–H groups in total. The highest BCUT2D eigenvalue weighted by molar-refractivity contribution is 6.34. The lowest BCUT2D eigenvalue weighted by molar-refractivity contribution is 0.112. The van der Waals surface area contributed by atoms with Gasteiger partial charge in [0.1, 0.15) is 17.8 Å². The molecule has 18 heavy (non-hydrogen) atoms. The van der Waals surface area contributed by atoms with Gasteiger partial charge >= 0.3 is 0 Å². The van der Waals surface area contributed by atoms with Gasteiger partial charge in [0.15, 0.2) is 0 Å². The number of benzene rings is 2. The summed E-state index contributed by atoms with van der Waals surface area (Å²) in [6.07, 6.45) is 0.710. The number of hydrogen-bond donors (Lipinski definition) is 0. The molecule has 0 heterocycles. The van der Waals surface area contributed by atoms with Gasteiger partial charge < -0.3 is 4.74 Å². The second-order valence-corrected chi connectivity index (χ2v) is 4.74. The topological polar surface area (TPSA) is 26.3 Å². The summed E-state index contributed by atoms with van der Waals surface area (Å²) in [6.45, 7) is 0. The zero-order valence-corrected chi connectivity index (χ0v) is 11.3. The number of carbonyl (C=O) groups is 1. The van der Waals surface area contributed by atoms with Crippen molar-refractivity contribution in [3.05, 3.63) is 57.0 Å². The third-order valence-electron chi connectivity index (χ3n) is 2.21. The fourth-order valence-electron chi connectivity index (χ4n) is 1.35. The minimum atomic E-state index is 0.329. The molecule has 0 atom stereocenters. The monoisotopic (exact) mass is 300 g/mol. The summed E-state index contributed by atoms with van der Waals surface area (Å²) in [7, 11) is 0. The fraction of sp³-hybridized carbons (Fsp3) is 0. The van der Waals surface area contributed by atoms with Crippen LogP contribution in [0.4, 0.5) is 0 Å². The maximum Gasteiger partial charge on any atom is 0.150 e. The number of aldehydes is 1. The van der Waals surface area contributed by atoms with Crippen molar-refractivity contribution in [3.63, 3.8) is 0 Å². The summed E-state index contributed by atoms with van der Waals surface area (Å²) in [5.74, 6) is 0.816. The Kier molecular flexibility index (Phi) is 4.12. The molecule has 0 spiro atoms. The average molecular weight is 302 g/mol. The van der Waals surface area contributed by atoms with Crippen molar-refractivity contribution in [1.29, 1.82) is 0 Å². The molecule has 0 amide bonds. The molecular weight excluding hydrogens is 294 g/mol. The standard InChI is InChI=1S/C13H7Cl3O2/c14-9-2-3-10(15)13(6-9)18-12-4-1-8(7-17)5-11(12)16/h1-7H. The van der Waals surface area contributed by atoms with Gasteiger partial charge in [-0.15, -0.1) is 0 Å². The predicted octanol–water partition coefficient (Wildman–Crippen LogP) is 5.25. The van der Waals surface area contributed by atoms with Crippen LogP contribution in [0.15, 0.2) is 36.4 Å². The van der Waals surface area contributed by atoms with Crippen molar-refractivity contribution in [3.8, 4) is 11.5 Å². The van der Waals surface area contributed by atoms with Crippen LogP contribution in [0.2, 0.25) is 15.1 Å². The summed E-state index contributed by atoms with van der Waals surface area (Å²) in [5, 5.41) is 1.26. The number of halogens is 3. The summed E-state index contributed by atoms with van der Waals surface area (Å²) in [5.41, 5.74) is 0.476. The first-order chi connectivity index (χ1) is 8.60. The Morgan fingerprint density at radius 3 is 2.33 bits per heavy atom. The molecule has 0 bridgehead atoms. The van der Waals surface area contributed by atoms with Crippen LogP contribution in [0.5, 0.6) is 11.5 Å². The maximum absolute atomic E-state index is 10.6. The quantitative estimate of drug-likeness (QED) is 0.724. The normalized spacial score (nSPS) is 10.2. The van der Waals surface area contributed by atoms with Gasteiger partial charge in [0.05, 0.1) is 10.0 Å². The number of rotatable bonds is 3. The Bertz CT molecular complexity index is 597. The molecule has 0 radical (unpaired) electrons. The molecule has 0 aliphatic carbocycles. The largest absolute Gasteiger partial charge is 0.454 e. The molecule has 2 rings (SSSR count). The molecule has 0 aliphatic rings. The van der Waals surface area contributed by atoms with Crippen molar-refractivity contribution >= 4 is 41.1 Å². The van der Waals surface area contributed by atoms with E-state index in [9.17, 15) is 4.79 Å². The molecule has 0 saturated carbocycles. The van der Waals surface area contributed by atoms with Crippen LogP contribution in [0.3, 0.4) is 0 Å². The van der Waals surface area contributed by atoms with E-state index in [-0.39, 0.29) is 0 Å².